The number of carbonyl (C=O) groups is 1. The molecule has 1 atom stereocenters. The number of rotatable bonds is 5. The van der Waals surface area contributed by atoms with E-state index < -0.39 is 0 Å². The fourth-order valence-electron chi connectivity index (χ4n) is 1.39. The van der Waals surface area contributed by atoms with Gasteiger partial charge in [0.1, 0.15) is 5.82 Å². The van der Waals surface area contributed by atoms with Crippen molar-refractivity contribution in [2.24, 2.45) is 0 Å². The molecule has 1 amide bonds. The largest absolute Gasteiger partial charge is 0.394 e. The van der Waals surface area contributed by atoms with Crippen LogP contribution in [0.1, 0.15) is 18.9 Å². The minimum Gasteiger partial charge on any atom is -0.394 e. The quantitative estimate of drug-likeness (QED) is 0.874. The lowest BCUT2D eigenvalue weighted by atomic mass is 10.1. The van der Waals surface area contributed by atoms with Crippen LogP contribution in [0, 0.1) is 5.82 Å². The molecule has 0 aliphatic carbocycles. The third-order valence-electron chi connectivity index (χ3n) is 2.43. The third kappa shape index (κ3) is 4.44. The molecule has 3 nitrogen and oxygen atoms in total. The normalized spacial score (nSPS) is 12.2. The summed E-state index contributed by atoms with van der Waals surface area (Å²) in [5, 5.41) is 11.7. The molecule has 0 fully saturated rings. The maximum Gasteiger partial charge on any atom is 0.224 e. The average molecular weight is 304 g/mol. The summed E-state index contributed by atoms with van der Waals surface area (Å²) in [4.78, 5) is 11.6. The van der Waals surface area contributed by atoms with E-state index in [1.165, 1.54) is 6.07 Å². The lowest BCUT2D eigenvalue weighted by molar-refractivity contribution is -0.121. The summed E-state index contributed by atoms with van der Waals surface area (Å²) in [5.41, 5.74) is 0.726. The van der Waals surface area contributed by atoms with Crippen LogP contribution < -0.4 is 5.32 Å². The van der Waals surface area contributed by atoms with Crippen LogP contribution in [0.2, 0.25) is 0 Å². The van der Waals surface area contributed by atoms with Crippen molar-refractivity contribution in [3.05, 3.63) is 34.1 Å². The van der Waals surface area contributed by atoms with Gasteiger partial charge < -0.3 is 10.4 Å². The molecule has 0 aliphatic heterocycles. The zero-order valence-electron chi connectivity index (χ0n) is 9.54. The summed E-state index contributed by atoms with van der Waals surface area (Å²) >= 11 is 3.07. The topological polar surface area (TPSA) is 49.3 Å². The van der Waals surface area contributed by atoms with Gasteiger partial charge in [-0.2, -0.15) is 0 Å². The number of benzene rings is 1. The smallest absolute Gasteiger partial charge is 0.224 e. The molecule has 0 bridgehead atoms. The summed E-state index contributed by atoms with van der Waals surface area (Å²) in [6.07, 6.45) is 0.852. The summed E-state index contributed by atoms with van der Waals surface area (Å²) in [6, 6.07) is 4.25. The average Bonchev–Trinajstić information content (AvgIpc) is 2.31. The number of carbonyl (C=O) groups excluding carboxylic acids is 1. The van der Waals surface area contributed by atoms with E-state index in [0.717, 1.165) is 5.56 Å². The highest BCUT2D eigenvalue weighted by molar-refractivity contribution is 9.10. The van der Waals surface area contributed by atoms with Crippen LogP contribution in [0.5, 0.6) is 0 Å². The first-order valence-electron chi connectivity index (χ1n) is 5.41. The Balaban J connectivity index is 2.58. The molecule has 1 aromatic carbocycles. The molecular weight excluding hydrogens is 289 g/mol. The summed E-state index contributed by atoms with van der Waals surface area (Å²) in [5.74, 6) is -0.527. The molecule has 0 aromatic heterocycles. The van der Waals surface area contributed by atoms with Gasteiger partial charge in [-0.05, 0) is 40.0 Å². The Morgan fingerprint density at radius 1 is 1.59 bits per heavy atom. The van der Waals surface area contributed by atoms with Gasteiger partial charge in [-0.3, -0.25) is 4.79 Å². The molecule has 5 heteroatoms. The second-order valence-corrected chi connectivity index (χ2v) is 4.63. The zero-order valence-corrected chi connectivity index (χ0v) is 11.1. The Labute approximate surface area is 108 Å². The van der Waals surface area contributed by atoms with Crippen molar-refractivity contribution < 1.29 is 14.3 Å². The first-order chi connectivity index (χ1) is 8.06. The van der Waals surface area contributed by atoms with E-state index in [0.29, 0.717) is 10.9 Å². The van der Waals surface area contributed by atoms with E-state index in [1.54, 1.807) is 12.1 Å². The van der Waals surface area contributed by atoms with E-state index >= 15 is 0 Å². The summed E-state index contributed by atoms with van der Waals surface area (Å²) < 4.78 is 13.3. The van der Waals surface area contributed by atoms with Crippen LogP contribution in [0.3, 0.4) is 0 Å². The van der Waals surface area contributed by atoms with Crippen LogP contribution >= 0.6 is 15.9 Å². The lowest BCUT2D eigenvalue weighted by Crippen LogP contribution is -2.37. The molecular formula is C12H15BrFNO2. The summed E-state index contributed by atoms with van der Waals surface area (Å²) in [7, 11) is 0. The highest BCUT2D eigenvalue weighted by Crippen LogP contribution is 2.17. The van der Waals surface area contributed by atoms with Gasteiger partial charge >= 0.3 is 0 Å². The number of halogens is 2. The van der Waals surface area contributed by atoms with Crippen molar-refractivity contribution in [1.29, 1.82) is 0 Å². The SMILES string of the molecule is CCC(CO)NC(=O)Cc1ccc(F)c(Br)c1. The minimum atomic E-state index is -0.351. The van der Waals surface area contributed by atoms with Crippen molar-refractivity contribution in [3.8, 4) is 0 Å². The lowest BCUT2D eigenvalue weighted by Gasteiger charge is -2.13. The van der Waals surface area contributed by atoms with Gasteiger partial charge in [0.2, 0.25) is 5.91 Å². The molecule has 94 valence electrons. The van der Waals surface area contributed by atoms with Crippen LogP contribution in [-0.2, 0) is 11.2 Å². The number of aliphatic hydroxyl groups is 1. The van der Waals surface area contributed by atoms with Crippen molar-refractivity contribution in [2.45, 2.75) is 25.8 Å². The van der Waals surface area contributed by atoms with E-state index in [9.17, 15) is 9.18 Å². The molecule has 1 unspecified atom stereocenters. The second kappa shape index (κ2) is 6.71. The highest BCUT2D eigenvalue weighted by atomic mass is 79.9. The Morgan fingerprint density at radius 3 is 2.82 bits per heavy atom. The van der Waals surface area contributed by atoms with Crippen molar-refractivity contribution in [1.82, 2.24) is 5.32 Å². The molecule has 0 spiro atoms. The maximum atomic E-state index is 13.0. The molecule has 0 saturated heterocycles. The molecule has 17 heavy (non-hydrogen) atoms. The van der Waals surface area contributed by atoms with E-state index in [4.69, 9.17) is 5.11 Å². The van der Waals surface area contributed by atoms with E-state index in [2.05, 4.69) is 21.2 Å². The molecule has 0 heterocycles. The number of hydrogen-bond acceptors (Lipinski definition) is 2. The van der Waals surface area contributed by atoms with Crippen LogP contribution in [0.25, 0.3) is 0 Å². The van der Waals surface area contributed by atoms with Crippen LogP contribution in [0.4, 0.5) is 4.39 Å². The van der Waals surface area contributed by atoms with E-state index in [-0.39, 0.29) is 30.8 Å². The zero-order chi connectivity index (χ0) is 12.8. The molecule has 1 aromatic rings. The number of amides is 1. The van der Waals surface area contributed by atoms with Crippen LogP contribution in [-0.4, -0.2) is 23.7 Å². The Bertz CT molecular complexity index is 394. The third-order valence-corrected chi connectivity index (χ3v) is 3.03. The van der Waals surface area contributed by atoms with Gasteiger partial charge in [0.05, 0.1) is 23.5 Å². The predicted molar refractivity (Wildman–Crippen MR) is 67.1 cm³/mol. The molecule has 0 radical (unpaired) electrons. The van der Waals surface area contributed by atoms with Crippen molar-refractivity contribution in [2.75, 3.05) is 6.61 Å². The number of nitrogens with one attached hydrogen (secondary N) is 1. The fourth-order valence-corrected chi connectivity index (χ4v) is 1.82. The first-order valence-corrected chi connectivity index (χ1v) is 6.20. The molecule has 0 saturated carbocycles. The second-order valence-electron chi connectivity index (χ2n) is 3.78. The first kappa shape index (κ1) is 14.1. The minimum absolute atomic E-state index is 0.0741. The van der Waals surface area contributed by atoms with Gasteiger partial charge in [-0.15, -0.1) is 0 Å². The highest BCUT2D eigenvalue weighted by Gasteiger charge is 2.10. The summed E-state index contributed by atoms with van der Waals surface area (Å²) in [6.45, 7) is 1.81. The monoisotopic (exact) mass is 303 g/mol. The molecule has 2 N–H and O–H groups in total. The molecule has 0 aliphatic rings. The van der Waals surface area contributed by atoms with Crippen LogP contribution in [0.15, 0.2) is 22.7 Å². The Hall–Kier alpha value is -0.940. The van der Waals surface area contributed by atoms with Crippen molar-refractivity contribution >= 4 is 21.8 Å². The number of hydrogen-bond donors (Lipinski definition) is 2. The van der Waals surface area contributed by atoms with Gasteiger partial charge in [-0.25, -0.2) is 4.39 Å². The van der Waals surface area contributed by atoms with E-state index in [1.807, 2.05) is 6.92 Å². The van der Waals surface area contributed by atoms with Gasteiger partial charge in [-0.1, -0.05) is 13.0 Å². The maximum absolute atomic E-state index is 13.0. The van der Waals surface area contributed by atoms with Gasteiger partial charge in [0, 0.05) is 0 Å². The number of aliphatic hydroxyl groups excluding tert-OH is 1. The Morgan fingerprint density at radius 2 is 2.29 bits per heavy atom. The van der Waals surface area contributed by atoms with Gasteiger partial charge in [0.25, 0.3) is 0 Å². The van der Waals surface area contributed by atoms with Gasteiger partial charge in [0.15, 0.2) is 0 Å². The predicted octanol–water partition coefficient (Wildman–Crippen LogP) is 2.02. The van der Waals surface area contributed by atoms with Crippen molar-refractivity contribution in [3.63, 3.8) is 0 Å². The standard InChI is InChI=1S/C12H15BrFNO2/c1-2-9(7-16)15-12(17)6-8-3-4-11(14)10(13)5-8/h3-5,9,16H,2,6-7H2,1H3,(H,15,17). The fraction of sp³-hybridized carbons (Fsp3) is 0.417. The molecule has 1 rings (SSSR count). The Kier molecular flexibility index (Phi) is 5.58.